The standard InChI is InChI=1S/C4H12OSi2.2Y/c1-6-5-7(2,3)4;;/h1-4H3;;. The van der Waals surface area contributed by atoms with Crippen LogP contribution in [0.4, 0.5) is 0 Å². The summed E-state index contributed by atoms with van der Waals surface area (Å²) in [5.41, 5.74) is 0. The van der Waals surface area contributed by atoms with Crippen molar-refractivity contribution in [3.8, 4) is 0 Å². The minimum atomic E-state index is -1.14. The zero-order valence-corrected chi connectivity index (χ0v) is 14.2. The number of hydrogen-bond donors (Lipinski definition) is 0. The second-order valence-electron chi connectivity index (χ2n) is 2.42. The maximum absolute atomic E-state index is 5.40. The summed E-state index contributed by atoms with van der Waals surface area (Å²) < 4.78 is 5.40. The maximum atomic E-state index is 5.40. The molecular weight excluding hydrogens is 298 g/mol. The van der Waals surface area contributed by atoms with Crippen LogP contribution in [0, 0.1) is 0 Å². The van der Waals surface area contributed by atoms with Gasteiger partial charge in [-0.1, -0.05) is 0 Å². The molecule has 9 heavy (non-hydrogen) atoms. The van der Waals surface area contributed by atoms with Gasteiger partial charge in [0.15, 0.2) is 8.32 Å². The summed E-state index contributed by atoms with van der Waals surface area (Å²) in [5.74, 6) is 0. The third kappa shape index (κ3) is 18.0. The molecule has 0 aromatic heterocycles. The summed E-state index contributed by atoms with van der Waals surface area (Å²) in [6.45, 7) is 8.66. The van der Waals surface area contributed by atoms with Gasteiger partial charge < -0.3 is 4.12 Å². The van der Waals surface area contributed by atoms with Crippen molar-refractivity contribution < 1.29 is 69.5 Å². The van der Waals surface area contributed by atoms with Crippen LogP contribution in [-0.2, 0) is 69.5 Å². The van der Waals surface area contributed by atoms with E-state index in [1.165, 1.54) is 0 Å². The smallest absolute Gasteiger partial charge is 0.211 e. The van der Waals surface area contributed by atoms with Crippen molar-refractivity contribution in [2.75, 3.05) is 0 Å². The van der Waals surface area contributed by atoms with E-state index < -0.39 is 8.32 Å². The molecule has 0 saturated heterocycles. The fourth-order valence-corrected chi connectivity index (χ4v) is 2.76. The van der Waals surface area contributed by atoms with E-state index in [9.17, 15) is 0 Å². The largest absolute Gasteiger partial charge is 0.456 e. The monoisotopic (exact) mass is 310 g/mol. The van der Waals surface area contributed by atoms with E-state index in [1.807, 2.05) is 0 Å². The molecule has 48 valence electrons. The summed E-state index contributed by atoms with van der Waals surface area (Å²) in [6, 6.07) is 0. The summed E-state index contributed by atoms with van der Waals surface area (Å²) in [5, 5.41) is 0. The van der Waals surface area contributed by atoms with E-state index in [1.54, 1.807) is 0 Å². The Balaban J connectivity index is -0.000000180. The number of hydrogen-bond acceptors (Lipinski definition) is 1. The molecule has 0 amide bonds. The normalized spacial score (nSPS) is 9.33. The Morgan fingerprint density at radius 1 is 1.11 bits per heavy atom. The molecule has 0 aliphatic carbocycles. The first-order valence-electron chi connectivity index (χ1n) is 2.41. The molecule has 1 nitrogen and oxygen atoms in total. The van der Waals surface area contributed by atoms with E-state index in [0.717, 1.165) is 0 Å². The minimum absolute atomic E-state index is 0. The molecule has 0 saturated carbocycles. The van der Waals surface area contributed by atoms with Crippen molar-refractivity contribution in [1.82, 2.24) is 0 Å². The van der Waals surface area contributed by atoms with Gasteiger partial charge in [-0.2, -0.15) is 0 Å². The third-order valence-corrected chi connectivity index (χ3v) is 3.67. The van der Waals surface area contributed by atoms with Gasteiger partial charge in [-0.3, -0.25) is 0 Å². The second kappa shape index (κ2) is 8.70. The Hall–Kier alpha value is 2.60. The molecule has 0 N–H and O–H groups in total. The zero-order valence-electron chi connectivity index (χ0n) is 6.56. The quantitative estimate of drug-likeness (QED) is 0.703. The van der Waals surface area contributed by atoms with Crippen LogP contribution >= 0.6 is 0 Å². The van der Waals surface area contributed by atoms with Crippen LogP contribution in [0.3, 0.4) is 0 Å². The molecule has 0 bridgehead atoms. The molecule has 0 spiro atoms. The van der Waals surface area contributed by atoms with E-state index in [0.29, 0.717) is 9.76 Å². The second-order valence-corrected chi connectivity index (χ2v) is 7.87. The van der Waals surface area contributed by atoms with Crippen LogP contribution in [0.15, 0.2) is 0 Å². The van der Waals surface area contributed by atoms with Gasteiger partial charge in [0.05, 0.1) is 0 Å². The predicted octanol–water partition coefficient (Wildman–Crippen LogP) is 1.50. The molecule has 0 aliphatic heterocycles. The van der Waals surface area contributed by atoms with Crippen molar-refractivity contribution in [1.29, 1.82) is 0 Å². The molecule has 0 unspecified atom stereocenters. The molecule has 0 rings (SSSR count). The first-order valence-corrected chi connectivity index (χ1v) is 7.22. The summed E-state index contributed by atoms with van der Waals surface area (Å²) in [6.07, 6.45) is 0. The van der Waals surface area contributed by atoms with Gasteiger partial charge in [-0.05, 0) is 26.2 Å². The van der Waals surface area contributed by atoms with Crippen molar-refractivity contribution >= 4 is 18.1 Å². The van der Waals surface area contributed by atoms with Crippen LogP contribution in [0.25, 0.3) is 0 Å². The fourth-order valence-electron chi connectivity index (χ4n) is 0.306. The summed E-state index contributed by atoms with van der Waals surface area (Å²) >= 11 is 0. The van der Waals surface area contributed by atoms with Crippen LogP contribution in [-0.4, -0.2) is 18.1 Å². The van der Waals surface area contributed by atoms with Gasteiger partial charge in [-0.15, -0.1) is 0 Å². The Bertz CT molecular complexity index is 55.0. The molecular formula is C4H12OSi2Y2. The fraction of sp³-hybridized carbons (Fsp3) is 1.00. The van der Waals surface area contributed by atoms with E-state index in [-0.39, 0.29) is 65.4 Å². The molecule has 0 atom stereocenters. The molecule has 5 heteroatoms. The average Bonchev–Trinajstić information content (AvgIpc) is 1.30. The van der Waals surface area contributed by atoms with Gasteiger partial charge in [-0.25, -0.2) is 0 Å². The minimum Gasteiger partial charge on any atom is -0.456 e. The Labute approximate surface area is 112 Å². The Kier molecular flexibility index (Phi) is 17.0. The van der Waals surface area contributed by atoms with Gasteiger partial charge in [0.2, 0.25) is 9.76 Å². The van der Waals surface area contributed by atoms with Gasteiger partial charge in [0, 0.05) is 65.4 Å². The molecule has 4 radical (unpaired) electrons. The first-order chi connectivity index (χ1) is 3.06. The van der Waals surface area contributed by atoms with Crippen molar-refractivity contribution in [3.63, 3.8) is 0 Å². The van der Waals surface area contributed by atoms with Crippen molar-refractivity contribution in [3.05, 3.63) is 0 Å². The van der Waals surface area contributed by atoms with Crippen LogP contribution in [0.1, 0.15) is 0 Å². The van der Waals surface area contributed by atoms with Gasteiger partial charge in [0.25, 0.3) is 0 Å². The molecule has 0 aliphatic rings. The molecule has 0 fully saturated rings. The van der Waals surface area contributed by atoms with Crippen LogP contribution < -0.4 is 0 Å². The van der Waals surface area contributed by atoms with E-state index >= 15 is 0 Å². The van der Waals surface area contributed by atoms with Crippen molar-refractivity contribution in [2.24, 2.45) is 0 Å². The molecule has 0 aromatic rings. The van der Waals surface area contributed by atoms with E-state index in [2.05, 4.69) is 26.2 Å². The number of rotatable bonds is 2. The third-order valence-electron chi connectivity index (χ3n) is 0.408. The summed E-state index contributed by atoms with van der Waals surface area (Å²) in [7, 11) is -0.474. The Morgan fingerprint density at radius 3 is 1.44 bits per heavy atom. The molecule has 0 aromatic carbocycles. The SMILES string of the molecule is C[Si]O[Si](C)(C)C.[Y].[Y]. The summed E-state index contributed by atoms with van der Waals surface area (Å²) in [4.78, 5) is 0. The predicted molar refractivity (Wildman–Crippen MR) is 36.0 cm³/mol. The zero-order chi connectivity index (χ0) is 5.91. The van der Waals surface area contributed by atoms with Crippen molar-refractivity contribution in [2.45, 2.75) is 26.2 Å². The van der Waals surface area contributed by atoms with Crippen LogP contribution in [0.2, 0.25) is 26.2 Å². The molecule has 0 heterocycles. The first kappa shape index (κ1) is 17.6. The maximum Gasteiger partial charge on any atom is 0.211 e. The van der Waals surface area contributed by atoms with E-state index in [4.69, 9.17) is 4.12 Å². The Morgan fingerprint density at radius 2 is 1.44 bits per heavy atom. The van der Waals surface area contributed by atoms with Gasteiger partial charge >= 0.3 is 0 Å². The van der Waals surface area contributed by atoms with Gasteiger partial charge in [0.1, 0.15) is 0 Å². The van der Waals surface area contributed by atoms with Crippen LogP contribution in [0.5, 0.6) is 0 Å². The topological polar surface area (TPSA) is 9.23 Å². The average molecular weight is 310 g/mol.